The Hall–Kier alpha value is -0.690. The fraction of sp³-hybridized carbons (Fsp3) is 0.917. The van der Waals surface area contributed by atoms with Crippen molar-refractivity contribution in [3.63, 3.8) is 0 Å². The molecule has 1 saturated heterocycles. The van der Waals surface area contributed by atoms with E-state index in [-0.39, 0.29) is 12.1 Å². The second kappa shape index (κ2) is 9.27. The molecule has 1 amide bonds. The fourth-order valence-corrected chi connectivity index (χ4v) is 2.06. The van der Waals surface area contributed by atoms with Crippen molar-refractivity contribution in [3.05, 3.63) is 0 Å². The first-order chi connectivity index (χ1) is 8.70. The average Bonchev–Trinajstić information content (AvgIpc) is 2.28. The summed E-state index contributed by atoms with van der Waals surface area (Å²) in [7, 11) is 0. The molecule has 0 radical (unpaired) electrons. The second-order valence-electron chi connectivity index (χ2n) is 4.66. The molecule has 106 valence electrons. The number of rotatable bonds is 2. The van der Waals surface area contributed by atoms with E-state index in [9.17, 15) is 4.79 Å². The molecule has 0 aromatic carbocycles. The lowest BCUT2D eigenvalue weighted by molar-refractivity contribution is -0.120. The largest absolute Gasteiger partial charge is 0.341 e. The molecule has 0 saturated carbocycles. The zero-order valence-corrected chi connectivity index (χ0v) is 11.6. The van der Waals surface area contributed by atoms with Crippen LogP contribution in [0.5, 0.6) is 0 Å². The van der Waals surface area contributed by atoms with Crippen molar-refractivity contribution in [1.29, 1.82) is 0 Å². The maximum atomic E-state index is 11.1. The van der Waals surface area contributed by atoms with Crippen LogP contribution in [-0.4, -0.2) is 69.3 Å². The molecule has 6 nitrogen and oxygen atoms in total. The third-order valence-corrected chi connectivity index (χ3v) is 3.07. The van der Waals surface area contributed by atoms with Crippen LogP contribution in [0.25, 0.3) is 0 Å². The van der Waals surface area contributed by atoms with Crippen LogP contribution in [0.3, 0.4) is 0 Å². The monoisotopic (exact) mass is 257 g/mol. The summed E-state index contributed by atoms with van der Waals surface area (Å²) in [5, 5.41) is 13.1. The van der Waals surface area contributed by atoms with E-state index >= 15 is 0 Å². The Balaban J connectivity index is 2.37. The molecular formula is C12H27N5O. The molecule has 6 heteroatoms. The minimum Gasteiger partial charge on any atom is -0.341 e. The van der Waals surface area contributed by atoms with Gasteiger partial charge in [0.15, 0.2) is 0 Å². The highest BCUT2D eigenvalue weighted by molar-refractivity contribution is 5.73. The summed E-state index contributed by atoms with van der Waals surface area (Å²) < 4.78 is 0. The predicted molar refractivity (Wildman–Crippen MR) is 73.5 cm³/mol. The van der Waals surface area contributed by atoms with Gasteiger partial charge in [0.25, 0.3) is 0 Å². The Morgan fingerprint density at radius 1 is 1.00 bits per heavy atom. The summed E-state index contributed by atoms with van der Waals surface area (Å²) >= 11 is 0. The Kier molecular flexibility index (Phi) is 7.91. The standard InChI is InChI=1S/C12H27N5O/c1-11(16-12(2)18)17-9-7-14-5-3-13-4-6-15-8-10-17/h11,13-15H,3-10H2,1-2H3,(H,16,18). The molecule has 1 unspecified atom stereocenters. The van der Waals surface area contributed by atoms with Gasteiger partial charge in [-0.05, 0) is 6.92 Å². The predicted octanol–water partition coefficient (Wildman–Crippen LogP) is -1.45. The van der Waals surface area contributed by atoms with Gasteiger partial charge in [-0.3, -0.25) is 9.69 Å². The first-order valence-corrected chi connectivity index (χ1v) is 6.83. The lowest BCUT2D eigenvalue weighted by Gasteiger charge is -2.30. The number of hydrogen-bond donors (Lipinski definition) is 4. The Morgan fingerprint density at radius 3 is 1.89 bits per heavy atom. The van der Waals surface area contributed by atoms with E-state index in [2.05, 4.69) is 26.2 Å². The SMILES string of the molecule is CC(=O)NC(C)N1CCNCCNCCNCC1. The van der Waals surface area contributed by atoms with Gasteiger partial charge < -0.3 is 21.3 Å². The smallest absolute Gasteiger partial charge is 0.218 e. The number of nitrogens with one attached hydrogen (secondary N) is 4. The summed E-state index contributed by atoms with van der Waals surface area (Å²) in [4.78, 5) is 13.4. The molecule has 0 bridgehead atoms. The van der Waals surface area contributed by atoms with Crippen LogP contribution >= 0.6 is 0 Å². The summed E-state index contributed by atoms with van der Waals surface area (Å²) in [6.07, 6.45) is 0.0900. The van der Waals surface area contributed by atoms with E-state index in [1.165, 1.54) is 0 Å². The van der Waals surface area contributed by atoms with Crippen LogP contribution in [0, 0.1) is 0 Å². The molecule has 1 heterocycles. The van der Waals surface area contributed by atoms with Crippen LogP contribution < -0.4 is 21.3 Å². The lowest BCUT2D eigenvalue weighted by Crippen LogP contribution is -2.50. The highest BCUT2D eigenvalue weighted by atomic mass is 16.1. The van der Waals surface area contributed by atoms with E-state index in [1.807, 2.05) is 6.92 Å². The number of amides is 1. The van der Waals surface area contributed by atoms with Crippen LogP contribution in [-0.2, 0) is 4.79 Å². The fourth-order valence-electron chi connectivity index (χ4n) is 2.06. The third kappa shape index (κ3) is 6.90. The maximum absolute atomic E-state index is 11.1. The molecule has 0 aromatic heterocycles. The maximum Gasteiger partial charge on any atom is 0.218 e. The van der Waals surface area contributed by atoms with Gasteiger partial charge in [-0.1, -0.05) is 0 Å². The van der Waals surface area contributed by atoms with E-state index in [1.54, 1.807) is 6.92 Å². The highest BCUT2D eigenvalue weighted by Crippen LogP contribution is 1.94. The van der Waals surface area contributed by atoms with Crippen LogP contribution in [0.2, 0.25) is 0 Å². The van der Waals surface area contributed by atoms with Crippen LogP contribution in [0.15, 0.2) is 0 Å². The quantitative estimate of drug-likeness (QED) is 0.487. The van der Waals surface area contributed by atoms with Gasteiger partial charge >= 0.3 is 0 Å². The molecule has 1 atom stereocenters. The van der Waals surface area contributed by atoms with Gasteiger partial charge in [0.2, 0.25) is 5.91 Å². The summed E-state index contributed by atoms with van der Waals surface area (Å²) in [6.45, 7) is 11.4. The van der Waals surface area contributed by atoms with Crippen molar-refractivity contribution < 1.29 is 4.79 Å². The highest BCUT2D eigenvalue weighted by Gasteiger charge is 2.13. The van der Waals surface area contributed by atoms with Crippen LogP contribution in [0.1, 0.15) is 13.8 Å². The van der Waals surface area contributed by atoms with Gasteiger partial charge in [-0.15, -0.1) is 0 Å². The molecule has 0 aromatic rings. The molecule has 1 aliphatic heterocycles. The van der Waals surface area contributed by atoms with Gasteiger partial charge in [0.05, 0.1) is 6.17 Å². The van der Waals surface area contributed by atoms with E-state index < -0.39 is 0 Å². The molecule has 0 spiro atoms. The van der Waals surface area contributed by atoms with E-state index in [0.29, 0.717) is 0 Å². The average molecular weight is 257 g/mol. The molecule has 1 aliphatic rings. The molecule has 4 N–H and O–H groups in total. The zero-order chi connectivity index (χ0) is 13.2. The Labute approximate surface area is 110 Å². The minimum atomic E-state index is 0.0266. The number of nitrogens with zero attached hydrogens (tertiary/aromatic N) is 1. The zero-order valence-electron chi connectivity index (χ0n) is 11.6. The molecule has 1 rings (SSSR count). The number of carbonyl (C=O) groups is 1. The minimum absolute atomic E-state index is 0.0266. The number of carbonyl (C=O) groups excluding carboxylic acids is 1. The van der Waals surface area contributed by atoms with Gasteiger partial charge in [0, 0.05) is 59.3 Å². The normalized spacial score (nSPS) is 22.6. The van der Waals surface area contributed by atoms with Gasteiger partial charge in [-0.25, -0.2) is 0 Å². The molecule has 0 aliphatic carbocycles. The Bertz CT molecular complexity index is 225. The van der Waals surface area contributed by atoms with Crippen molar-refractivity contribution in [1.82, 2.24) is 26.2 Å². The van der Waals surface area contributed by atoms with Crippen LogP contribution in [0.4, 0.5) is 0 Å². The first kappa shape index (κ1) is 15.4. The van der Waals surface area contributed by atoms with E-state index in [0.717, 1.165) is 52.4 Å². The Morgan fingerprint density at radius 2 is 1.44 bits per heavy atom. The third-order valence-electron chi connectivity index (χ3n) is 3.07. The van der Waals surface area contributed by atoms with Gasteiger partial charge in [0.1, 0.15) is 0 Å². The summed E-state index contributed by atoms with van der Waals surface area (Å²) in [5.41, 5.74) is 0. The van der Waals surface area contributed by atoms with Crippen molar-refractivity contribution in [2.75, 3.05) is 52.4 Å². The lowest BCUT2D eigenvalue weighted by atomic mass is 10.3. The van der Waals surface area contributed by atoms with Crippen molar-refractivity contribution in [2.24, 2.45) is 0 Å². The second-order valence-corrected chi connectivity index (χ2v) is 4.66. The van der Waals surface area contributed by atoms with Crippen molar-refractivity contribution >= 4 is 5.91 Å². The molecule has 18 heavy (non-hydrogen) atoms. The van der Waals surface area contributed by atoms with E-state index in [4.69, 9.17) is 0 Å². The van der Waals surface area contributed by atoms with Crippen molar-refractivity contribution in [3.8, 4) is 0 Å². The molecular weight excluding hydrogens is 230 g/mol. The first-order valence-electron chi connectivity index (χ1n) is 6.83. The number of hydrogen-bond acceptors (Lipinski definition) is 5. The van der Waals surface area contributed by atoms with Gasteiger partial charge in [-0.2, -0.15) is 0 Å². The molecule has 1 fully saturated rings. The topological polar surface area (TPSA) is 68.4 Å². The summed E-state index contributed by atoms with van der Waals surface area (Å²) in [6, 6.07) is 0. The van der Waals surface area contributed by atoms with Crippen molar-refractivity contribution in [2.45, 2.75) is 20.0 Å². The summed E-state index contributed by atoms with van der Waals surface area (Å²) in [5.74, 6) is 0.0266.